The molecule has 1 aliphatic rings. The smallest absolute Gasteiger partial charge is 0.240 e. The minimum Gasteiger partial charge on any atom is -0.310 e. The lowest BCUT2D eigenvalue weighted by atomic mass is 10.00. The van der Waals surface area contributed by atoms with Crippen molar-refractivity contribution in [2.75, 3.05) is 6.54 Å². The van der Waals surface area contributed by atoms with Gasteiger partial charge in [0, 0.05) is 18.6 Å². The quantitative estimate of drug-likeness (QED) is 0.884. The van der Waals surface area contributed by atoms with Crippen LogP contribution in [0.3, 0.4) is 0 Å². The maximum atomic E-state index is 13.0. The maximum absolute atomic E-state index is 13.0. The van der Waals surface area contributed by atoms with Gasteiger partial charge < -0.3 is 5.32 Å². The van der Waals surface area contributed by atoms with Gasteiger partial charge in [0.15, 0.2) is 0 Å². The summed E-state index contributed by atoms with van der Waals surface area (Å²) in [4.78, 5) is -0.0312. The molecule has 1 aromatic carbocycles. The SMILES string of the molecule is CC1CCCC(CNS(=O)(=O)c2cccc(F)c2)N1. The number of hydrogen-bond donors (Lipinski definition) is 2. The van der Waals surface area contributed by atoms with Crippen LogP contribution in [0.2, 0.25) is 0 Å². The number of benzene rings is 1. The minimum atomic E-state index is -3.63. The Morgan fingerprint density at radius 3 is 2.89 bits per heavy atom. The second-order valence-corrected chi connectivity index (χ2v) is 6.77. The summed E-state index contributed by atoms with van der Waals surface area (Å²) >= 11 is 0. The summed E-state index contributed by atoms with van der Waals surface area (Å²) < 4.78 is 39.6. The van der Waals surface area contributed by atoms with Crippen LogP contribution in [-0.2, 0) is 10.0 Å². The van der Waals surface area contributed by atoms with Gasteiger partial charge in [0.05, 0.1) is 4.90 Å². The molecule has 19 heavy (non-hydrogen) atoms. The number of nitrogens with one attached hydrogen (secondary N) is 2. The molecule has 0 bridgehead atoms. The third kappa shape index (κ3) is 3.99. The highest BCUT2D eigenvalue weighted by Crippen LogP contribution is 2.13. The lowest BCUT2D eigenvalue weighted by Crippen LogP contribution is -2.47. The molecule has 1 aromatic rings. The van der Waals surface area contributed by atoms with Gasteiger partial charge in [-0.25, -0.2) is 17.5 Å². The Balaban J connectivity index is 1.98. The van der Waals surface area contributed by atoms with Gasteiger partial charge in [-0.2, -0.15) is 0 Å². The second kappa shape index (κ2) is 5.98. The fourth-order valence-corrected chi connectivity index (χ4v) is 3.44. The Hall–Kier alpha value is -0.980. The molecule has 2 unspecified atom stereocenters. The zero-order valence-electron chi connectivity index (χ0n) is 10.9. The molecule has 6 heteroatoms. The van der Waals surface area contributed by atoms with Gasteiger partial charge in [-0.1, -0.05) is 12.5 Å². The number of sulfonamides is 1. The van der Waals surface area contributed by atoms with Gasteiger partial charge in [-0.05, 0) is 38.0 Å². The third-order valence-corrected chi connectivity index (χ3v) is 4.76. The van der Waals surface area contributed by atoms with Crippen molar-refractivity contribution >= 4 is 10.0 Å². The molecule has 0 spiro atoms. The van der Waals surface area contributed by atoms with Crippen LogP contribution in [0.25, 0.3) is 0 Å². The molecular weight excluding hydrogens is 267 g/mol. The highest BCUT2D eigenvalue weighted by Gasteiger charge is 2.21. The van der Waals surface area contributed by atoms with Crippen LogP contribution in [-0.4, -0.2) is 27.0 Å². The predicted molar refractivity (Wildman–Crippen MR) is 71.8 cm³/mol. The standard InChI is InChI=1S/C13H19FN2O2S/c1-10-4-2-6-12(16-10)9-15-19(17,18)13-7-3-5-11(14)8-13/h3,5,7-8,10,12,15-16H,2,4,6,9H2,1H3. The first-order chi connectivity index (χ1) is 8.97. The fraction of sp³-hybridized carbons (Fsp3) is 0.538. The number of hydrogen-bond acceptors (Lipinski definition) is 3. The van der Waals surface area contributed by atoms with Crippen molar-refractivity contribution in [3.8, 4) is 0 Å². The van der Waals surface area contributed by atoms with Gasteiger partial charge in [-0.15, -0.1) is 0 Å². The summed E-state index contributed by atoms with van der Waals surface area (Å²) in [5, 5.41) is 3.35. The van der Waals surface area contributed by atoms with Crippen LogP contribution in [0, 0.1) is 5.82 Å². The van der Waals surface area contributed by atoms with Gasteiger partial charge >= 0.3 is 0 Å². The van der Waals surface area contributed by atoms with Crippen molar-refractivity contribution in [2.24, 2.45) is 0 Å². The number of piperidine rings is 1. The Morgan fingerprint density at radius 2 is 2.21 bits per heavy atom. The van der Waals surface area contributed by atoms with Gasteiger partial charge in [0.2, 0.25) is 10.0 Å². The maximum Gasteiger partial charge on any atom is 0.240 e. The van der Waals surface area contributed by atoms with Crippen LogP contribution < -0.4 is 10.0 Å². The van der Waals surface area contributed by atoms with E-state index in [2.05, 4.69) is 17.0 Å². The molecule has 1 aliphatic heterocycles. The summed E-state index contributed by atoms with van der Waals surface area (Å²) in [6, 6.07) is 5.60. The van der Waals surface area contributed by atoms with E-state index < -0.39 is 15.8 Å². The van der Waals surface area contributed by atoms with E-state index in [1.54, 1.807) is 0 Å². The monoisotopic (exact) mass is 286 g/mol. The molecule has 0 aromatic heterocycles. The van der Waals surface area contributed by atoms with E-state index in [4.69, 9.17) is 0 Å². The molecule has 106 valence electrons. The van der Waals surface area contributed by atoms with E-state index in [1.807, 2.05) is 0 Å². The molecule has 2 N–H and O–H groups in total. The molecule has 0 radical (unpaired) electrons. The first-order valence-electron chi connectivity index (χ1n) is 6.48. The molecule has 0 saturated carbocycles. The molecule has 0 amide bonds. The lowest BCUT2D eigenvalue weighted by molar-refractivity contribution is 0.334. The highest BCUT2D eigenvalue weighted by molar-refractivity contribution is 7.89. The van der Waals surface area contributed by atoms with Crippen molar-refractivity contribution in [3.63, 3.8) is 0 Å². The normalized spacial score (nSPS) is 24.3. The molecule has 1 saturated heterocycles. The fourth-order valence-electron chi connectivity index (χ4n) is 2.33. The molecule has 2 rings (SSSR count). The minimum absolute atomic E-state index is 0.0312. The van der Waals surface area contributed by atoms with E-state index in [1.165, 1.54) is 18.2 Å². The summed E-state index contributed by atoms with van der Waals surface area (Å²) in [5.41, 5.74) is 0. The number of rotatable bonds is 4. The second-order valence-electron chi connectivity index (χ2n) is 5.00. The average Bonchev–Trinajstić information content (AvgIpc) is 2.37. The van der Waals surface area contributed by atoms with E-state index in [-0.39, 0.29) is 10.9 Å². The summed E-state index contributed by atoms with van der Waals surface area (Å²) in [5.74, 6) is -0.549. The lowest BCUT2D eigenvalue weighted by Gasteiger charge is -2.28. The van der Waals surface area contributed by atoms with Gasteiger partial charge in [0.25, 0.3) is 0 Å². The Bertz CT molecular complexity index is 533. The Labute approximate surface area is 113 Å². The van der Waals surface area contributed by atoms with E-state index in [9.17, 15) is 12.8 Å². The zero-order chi connectivity index (χ0) is 13.9. The largest absolute Gasteiger partial charge is 0.310 e. The van der Waals surface area contributed by atoms with E-state index >= 15 is 0 Å². The molecule has 1 heterocycles. The highest BCUT2D eigenvalue weighted by atomic mass is 32.2. The van der Waals surface area contributed by atoms with Crippen molar-refractivity contribution in [2.45, 2.75) is 43.2 Å². The van der Waals surface area contributed by atoms with Crippen LogP contribution in [0.4, 0.5) is 4.39 Å². The molecule has 4 nitrogen and oxygen atoms in total. The topological polar surface area (TPSA) is 58.2 Å². The van der Waals surface area contributed by atoms with Gasteiger partial charge in [0.1, 0.15) is 5.82 Å². The van der Waals surface area contributed by atoms with Crippen LogP contribution in [0.1, 0.15) is 26.2 Å². The van der Waals surface area contributed by atoms with Crippen molar-refractivity contribution in [1.82, 2.24) is 10.0 Å². The van der Waals surface area contributed by atoms with E-state index in [0.29, 0.717) is 12.6 Å². The van der Waals surface area contributed by atoms with E-state index in [0.717, 1.165) is 25.3 Å². The molecule has 1 fully saturated rings. The first kappa shape index (κ1) is 14.4. The molecule has 0 aliphatic carbocycles. The van der Waals surface area contributed by atoms with Crippen molar-refractivity contribution in [1.29, 1.82) is 0 Å². The third-order valence-electron chi connectivity index (χ3n) is 3.34. The Morgan fingerprint density at radius 1 is 1.42 bits per heavy atom. The first-order valence-corrected chi connectivity index (χ1v) is 7.97. The van der Waals surface area contributed by atoms with Gasteiger partial charge in [-0.3, -0.25) is 0 Å². The average molecular weight is 286 g/mol. The van der Waals surface area contributed by atoms with Crippen LogP contribution in [0.5, 0.6) is 0 Å². The van der Waals surface area contributed by atoms with Crippen LogP contribution in [0.15, 0.2) is 29.2 Å². The van der Waals surface area contributed by atoms with Crippen molar-refractivity contribution < 1.29 is 12.8 Å². The summed E-state index contributed by atoms with van der Waals surface area (Å²) in [6.07, 6.45) is 3.17. The molecular formula is C13H19FN2O2S. The predicted octanol–water partition coefficient (Wildman–Crippen LogP) is 1.63. The van der Waals surface area contributed by atoms with Crippen LogP contribution >= 0.6 is 0 Å². The summed E-state index contributed by atoms with van der Waals surface area (Å²) in [6.45, 7) is 2.43. The molecule has 2 atom stereocenters. The summed E-state index contributed by atoms with van der Waals surface area (Å²) in [7, 11) is -3.63. The zero-order valence-corrected chi connectivity index (χ0v) is 11.7. The Kier molecular flexibility index (Phi) is 4.54. The number of halogens is 1. The van der Waals surface area contributed by atoms with Crippen molar-refractivity contribution in [3.05, 3.63) is 30.1 Å².